The van der Waals surface area contributed by atoms with Crippen LogP contribution < -0.4 is 5.69 Å². The van der Waals surface area contributed by atoms with Gasteiger partial charge in [-0.1, -0.05) is 18.2 Å². The lowest BCUT2D eigenvalue weighted by atomic mass is 10.2. The molecule has 158 valence electrons. The number of H-pyrrole nitrogens is 2. The molecule has 9 nitrogen and oxygen atoms in total. The van der Waals surface area contributed by atoms with E-state index in [1.54, 1.807) is 0 Å². The predicted octanol–water partition coefficient (Wildman–Crippen LogP) is 0.855. The van der Waals surface area contributed by atoms with Crippen molar-refractivity contribution in [1.29, 1.82) is 0 Å². The first-order chi connectivity index (χ1) is 14.4. The van der Waals surface area contributed by atoms with Crippen molar-refractivity contribution in [1.82, 2.24) is 18.8 Å². The Morgan fingerprint density at radius 2 is 1.83 bits per heavy atom. The Hall–Kier alpha value is -2.92. The van der Waals surface area contributed by atoms with Crippen molar-refractivity contribution in [3.8, 4) is 0 Å². The van der Waals surface area contributed by atoms with Gasteiger partial charge in [0.1, 0.15) is 0 Å². The van der Waals surface area contributed by atoms with Gasteiger partial charge in [0.25, 0.3) is 0 Å². The first-order valence-corrected chi connectivity index (χ1v) is 10.9. The number of nitrogens with one attached hydrogen (secondary N) is 2. The van der Waals surface area contributed by atoms with Crippen molar-refractivity contribution in [2.45, 2.75) is 17.5 Å². The van der Waals surface area contributed by atoms with Crippen LogP contribution in [0.15, 0.2) is 64.4 Å². The number of rotatable bonds is 8. The van der Waals surface area contributed by atoms with E-state index in [9.17, 15) is 23.4 Å². The highest BCUT2D eigenvalue weighted by Crippen LogP contribution is 2.20. The van der Waals surface area contributed by atoms with Crippen molar-refractivity contribution in [2.75, 3.05) is 19.7 Å². The average molecular weight is 430 g/mol. The van der Waals surface area contributed by atoms with Crippen LogP contribution >= 0.6 is 0 Å². The molecule has 2 aromatic heterocycles. The van der Waals surface area contributed by atoms with E-state index < -0.39 is 21.8 Å². The molecule has 0 aliphatic heterocycles. The minimum Gasteiger partial charge on any atom is -0.395 e. The highest BCUT2D eigenvalue weighted by Gasteiger charge is 2.27. The second-order valence-corrected chi connectivity index (χ2v) is 8.99. The Kier molecular flexibility index (Phi) is 5.48. The van der Waals surface area contributed by atoms with Gasteiger partial charge in [-0.3, -0.25) is 0 Å². The van der Waals surface area contributed by atoms with Gasteiger partial charge in [0.15, 0.2) is 0 Å². The number of para-hydroxylation sites is 1. The number of benzene rings is 2. The molecule has 0 spiro atoms. The summed E-state index contributed by atoms with van der Waals surface area (Å²) in [4.78, 5) is 16.5. The van der Waals surface area contributed by atoms with Gasteiger partial charge in [0.05, 0.1) is 28.6 Å². The molecule has 0 unspecified atom stereocenters. The highest BCUT2D eigenvalue weighted by atomic mass is 32.2. The van der Waals surface area contributed by atoms with Crippen LogP contribution in [-0.4, -0.2) is 63.3 Å². The van der Waals surface area contributed by atoms with Gasteiger partial charge >= 0.3 is 5.69 Å². The fraction of sp³-hybridized carbons (Fsp3) is 0.250. The number of fused-ring (bicyclic) bond motifs is 2. The SMILES string of the molecule is O=c1[nH]c2ccc(S(=O)(=O)N(CCO)C[C@@H](O)Cn3ccc4ccccc43)cc2[nH]1. The van der Waals surface area contributed by atoms with Gasteiger partial charge in [-0.25, -0.2) is 13.2 Å². The van der Waals surface area contributed by atoms with Crippen LogP contribution in [0.4, 0.5) is 0 Å². The van der Waals surface area contributed by atoms with E-state index in [0.29, 0.717) is 11.0 Å². The predicted molar refractivity (Wildman–Crippen MR) is 113 cm³/mol. The number of sulfonamides is 1. The number of aliphatic hydroxyl groups is 2. The molecular weight excluding hydrogens is 408 g/mol. The van der Waals surface area contributed by atoms with Gasteiger partial charge in [-0.05, 0) is 35.7 Å². The van der Waals surface area contributed by atoms with Gasteiger partial charge in [-0.15, -0.1) is 0 Å². The lowest BCUT2D eigenvalue weighted by molar-refractivity contribution is 0.122. The molecule has 30 heavy (non-hydrogen) atoms. The summed E-state index contributed by atoms with van der Waals surface area (Å²) in [5, 5.41) is 21.0. The second-order valence-electron chi connectivity index (χ2n) is 7.05. The van der Waals surface area contributed by atoms with E-state index in [2.05, 4.69) is 9.97 Å². The Morgan fingerprint density at radius 1 is 1.07 bits per heavy atom. The Bertz CT molecular complexity index is 1340. The summed E-state index contributed by atoms with van der Waals surface area (Å²) in [5.74, 6) is 0. The number of aliphatic hydroxyl groups excluding tert-OH is 2. The lowest BCUT2D eigenvalue weighted by Crippen LogP contribution is -2.40. The summed E-state index contributed by atoms with van der Waals surface area (Å²) >= 11 is 0. The van der Waals surface area contributed by atoms with E-state index in [4.69, 9.17) is 0 Å². The number of aromatic amines is 2. The number of hydrogen-bond acceptors (Lipinski definition) is 5. The van der Waals surface area contributed by atoms with E-state index in [1.807, 2.05) is 41.1 Å². The second kappa shape index (κ2) is 8.07. The van der Waals surface area contributed by atoms with Crippen molar-refractivity contribution in [3.63, 3.8) is 0 Å². The van der Waals surface area contributed by atoms with Crippen molar-refractivity contribution in [2.24, 2.45) is 0 Å². The van der Waals surface area contributed by atoms with E-state index in [0.717, 1.165) is 15.2 Å². The molecule has 4 aromatic rings. The molecule has 2 aromatic carbocycles. The quantitative estimate of drug-likeness (QED) is 0.329. The van der Waals surface area contributed by atoms with Crippen molar-refractivity contribution >= 4 is 32.0 Å². The zero-order valence-electron chi connectivity index (χ0n) is 16.0. The lowest BCUT2D eigenvalue weighted by Gasteiger charge is -2.24. The van der Waals surface area contributed by atoms with Crippen LogP contribution in [0.2, 0.25) is 0 Å². The highest BCUT2D eigenvalue weighted by molar-refractivity contribution is 7.89. The van der Waals surface area contributed by atoms with Crippen LogP contribution in [0.3, 0.4) is 0 Å². The smallest absolute Gasteiger partial charge is 0.323 e. The maximum absolute atomic E-state index is 13.1. The largest absolute Gasteiger partial charge is 0.395 e. The fourth-order valence-electron chi connectivity index (χ4n) is 3.56. The summed E-state index contributed by atoms with van der Waals surface area (Å²) in [6.07, 6.45) is 0.854. The molecule has 0 amide bonds. The van der Waals surface area contributed by atoms with Crippen LogP contribution in [0, 0.1) is 0 Å². The normalized spacial score (nSPS) is 13.4. The van der Waals surface area contributed by atoms with Gasteiger partial charge < -0.3 is 24.7 Å². The molecule has 10 heteroatoms. The molecule has 0 saturated heterocycles. The van der Waals surface area contributed by atoms with Crippen LogP contribution in [0.1, 0.15) is 0 Å². The standard InChI is InChI=1S/C20H22N4O5S/c25-10-9-24(13-15(26)12-23-8-7-14-3-1-2-4-19(14)23)30(28,29)16-5-6-17-18(11-16)22-20(27)21-17/h1-8,11,15,25-26H,9-10,12-13H2,(H2,21,22,27)/t15-/m0/s1. The van der Waals surface area contributed by atoms with Gasteiger partial charge in [0.2, 0.25) is 10.0 Å². The Balaban J connectivity index is 1.57. The van der Waals surface area contributed by atoms with Crippen LogP contribution in [0.5, 0.6) is 0 Å². The summed E-state index contributed by atoms with van der Waals surface area (Å²) in [6, 6.07) is 13.9. The molecule has 0 radical (unpaired) electrons. The molecule has 4 N–H and O–H groups in total. The van der Waals surface area contributed by atoms with Crippen LogP contribution in [-0.2, 0) is 16.6 Å². The topological polar surface area (TPSA) is 131 Å². The third-order valence-electron chi connectivity index (χ3n) is 4.98. The Labute approximate surface area is 172 Å². The first-order valence-electron chi connectivity index (χ1n) is 9.43. The number of nitrogens with zero attached hydrogens (tertiary/aromatic N) is 2. The molecule has 0 fully saturated rings. The molecule has 1 atom stereocenters. The number of hydrogen-bond donors (Lipinski definition) is 4. The van der Waals surface area contributed by atoms with Crippen LogP contribution in [0.25, 0.3) is 21.9 Å². The van der Waals surface area contributed by atoms with Gasteiger partial charge in [-0.2, -0.15) is 4.31 Å². The zero-order chi connectivity index (χ0) is 21.3. The number of aromatic nitrogens is 3. The third kappa shape index (κ3) is 3.90. The van der Waals surface area contributed by atoms with Crippen molar-refractivity contribution < 1.29 is 18.6 Å². The molecule has 0 aliphatic rings. The molecule has 0 aliphatic carbocycles. The summed E-state index contributed by atoms with van der Waals surface area (Å²) in [6.45, 7) is -0.526. The Morgan fingerprint density at radius 3 is 2.63 bits per heavy atom. The fourth-order valence-corrected chi connectivity index (χ4v) is 5.06. The van der Waals surface area contributed by atoms with E-state index in [-0.39, 0.29) is 31.1 Å². The minimum absolute atomic E-state index is 0.0303. The number of imidazole rings is 1. The van der Waals surface area contributed by atoms with Gasteiger partial charge in [0, 0.05) is 31.3 Å². The van der Waals surface area contributed by atoms with Crippen molar-refractivity contribution in [3.05, 3.63) is 65.2 Å². The van der Waals surface area contributed by atoms with E-state index in [1.165, 1.54) is 18.2 Å². The maximum Gasteiger partial charge on any atom is 0.323 e. The molecular formula is C20H22N4O5S. The first kappa shape index (κ1) is 20.4. The maximum atomic E-state index is 13.1. The zero-order valence-corrected chi connectivity index (χ0v) is 16.8. The molecule has 4 rings (SSSR count). The van der Waals surface area contributed by atoms with E-state index >= 15 is 0 Å². The summed E-state index contributed by atoms with van der Waals surface area (Å²) in [7, 11) is -3.99. The summed E-state index contributed by atoms with van der Waals surface area (Å²) < 4.78 is 29.1. The molecule has 0 saturated carbocycles. The third-order valence-corrected chi connectivity index (χ3v) is 6.84. The average Bonchev–Trinajstić information content (AvgIpc) is 3.29. The molecule has 2 heterocycles. The monoisotopic (exact) mass is 430 g/mol. The molecule has 0 bridgehead atoms. The minimum atomic E-state index is -3.99. The summed E-state index contributed by atoms with van der Waals surface area (Å²) in [5.41, 5.74) is 1.37.